The van der Waals surface area contributed by atoms with Crippen LogP contribution in [-0.2, 0) is 16.4 Å². The smallest absolute Gasteiger partial charge is 0.255 e. The van der Waals surface area contributed by atoms with E-state index in [1.54, 1.807) is 0 Å². The third kappa shape index (κ3) is 3.89. The fourth-order valence-electron chi connectivity index (χ4n) is 3.30. The van der Waals surface area contributed by atoms with E-state index in [1.165, 1.54) is 10.4 Å². The van der Waals surface area contributed by atoms with E-state index in [1.807, 2.05) is 32.0 Å². The van der Waals surface area contributed by atoms with E-state index >= 15 is 0 Å². The molecule has 7 heteroatoms. The number of amides is 1. The zero-order valence-corrected chi connectivity index (χ0v) is 16.3. The molecule has 0 radical (unpaired) electrons. The number of carbonyl (C=O) groups excluding carboxylic acids is 1. The number of anilines is 1. The first-order valence-electron chi connectivity index (χ1n) is 9.04. The Kier molecular flexibility index (Phi) is 5.62. The van der Waals surface area contributed by atoms with Crippen LogP contribution in [0.5, 0.6) is 0 Å². The van der Waals surface area contributed by atoms with Crippen LogP contribution in [0.3, 0.4) is 0 Å². The first-order chi connectivity index (χ1) is 12.8. The Morgan fingerprint density at radius 2 is 1.89 bits per heavy atom. The van der Waals surface area contributed by atoms with Crippen molar-refractivity contribution < 1.29 is 17.6 Å². The van der Waals surface area contributed by atoms with Crippen molar-refractivity contribution in [3.8, 4) is 0 Å². The molecular weight excluding hydrogens is 367 g/mol. The minimum absolute atomic E-state index is 0.111. The maximum Gasteiger partial charge on any atom is 0.255 e. The molecule has 1 amide bonds. The topological polar surface area (TPSA) is 66.5 Å². The van der Waals surface area contributed by atoms with Crippen molar-refractivity contribution in [3.63, 3.8) is 0 Å². The highest BCUT2D eigenvalue weighted by atomic mass is 32.2. The average molecular weight is 390 g/mol. The van der Waals surface area contributed by atoms with Crippen molar-refractivity contribution in [1.82, 2.24) is 4.31 Å². The van der Waals surface area contributed by atoms with E-state index in [4.69, 9.17) is 0 Å². The first kappa shape index (κ1) is 19.5. The highest BCUT2D eigenvalue weighted by Crippen LogP contribution is 2.26. The Balaban J connectivity index is 1.93. The Labute approximate surface area is 159 Å². The van der Waals surface area contributed by atoms with E-state index in [9.17, 15) is 17.6 Å². The summed E-state index contributed by atoms with van der Waals surface area (Å²) in [5.74, 6) is -1.31. The molecule has 1 heterocycles. The number of nitrogens with zero attached hydrogens (tertiary/aromatic N) is 1. The molecule has 1 fully saturated rings. The molecule has 1 N–H and O–H groups in total. The molecule has 2 aromatic rings. The van der Waals surface area contributed by atoms with E-state index in [0.717, 1.165) is 42.5 Å². The second-order valence-electron chi connectivity index (χ2n) is 6.67. The van der Waals surface area contributed by atoms with Gasteiger partial charge in [-0.25, -0.2) is 12.8 Å². The number of halogens is 1. The van der Waals surface area contributed by atoms with Gasteiger partial charge in [-0.15, -0.1) is 0 Å². The Hall–Kier alpha value is -2.25. The fourth-order valence-corrected chi connectivity index (χ4v) is 4.91. The summed E-state index contributed by atoms with van der Waals surface area (Å²) >= 11 is 0. The highest BCUT2D eigenvalue weighted by Gasteiger charge is 2.30. The van der Waals surface area contributed by atoms with Crippen LogP contribution < -0.4 is 5.32 Å². The number of hydrogen-bond donors (Lipinski definition) is 1. The van der Waals surface area contributed by atoms with E-state index < -0.39 is 26.6 Å². The third-order valence-electron chi connectivity index (χ3n) is 4.85. The number of benzene rings is 2. The lowest BCUT2D eigenvalue weighted by Gasteiger charge is -2.17. The maximum absolute atomic E-state index is 14.3. The summed E-state index contributed by atoms with van der Waals surface area (Å²) in [5, 5.41) is 2.84. The molecule has 0 bridgehead atoms. The SMILES string of the molecule is CCc1cccc(C)c1NC(=O)c1ccc(F)c(S(=O)(=O)N2CCCC2)c1. The van der Waals surface area contributed by atoms with E-state index in [0.29, 0.717) is 18.8 Å². The third-order valence-corrected chi connectivity index (χ3v) is 6.77. The Morgan fingerprint density at radius 3 is 2.56 bits per heavy atom. The van der Waals surface area contributed by atoms with Gasteiger partial charge >= 0.3 is 0 Å². The van der Waals surface area contributed by atoms with Crippen LogP contribution in [0.25, 0.3) is 0 Å². The largest absolute Gasteiger partial charge is 0.321 e. The number of rotatable bonds is 5. The summed E-state index contributed by atoms with van der Waals surface area (Å²) in [6.07, 6.45) is 2.26. The van der Waals surface area contributed by atoms with Gasteiger partial charge in [-0.1, -0.05) is 25.1 Å². The number of nitrogens with one attached hydrogen (secondary N) is 1. The predicted molar refractivity (Wildman–Crippen MR) is 103 cm³/mol. The minimum atomic E-state index is -3.94. The van der Waals surface area contributed by atoms with Crippen LogP contribution in [0, 0.1) is 12.7 Å². The summed E-state index contributed by atoms with van der Waals surface area (Å²) in [6, 6.07) is 9.21. The molecule has 0 unspecified atom stereocenters. The standard InChI is InChI=1S/C20H23FN2O3S/c1-3-15-8-6-7-14(2)19(15)22-20(24)16-9-10-17(21)18(13-16)27(25,26)23-11-4-5-12-23/h6-10,13H,3-5,11-12H2,1-2H3,(H,22,24). The molecule has 1 saturated heterocycles. The van der Waals surface area contributed by atoms with Crippen molar-refractivity contribution >= 4 is 21.6 Å². The van der Waals surface area contributed by atoms with Crippen LogP contribution >= 0.6 is 0 Å². The van der Waals surface area contributed by atoms with Crippen molar-refractivity contribution in [2.45, 2.75) is 38.0 Å². The molecule has 0 aromatic heterocycles. The molecule has 0 saturated carbocycles. The molecule has 1 aliphatic rings. The molecular formula is C20H23FN2O3S. The van der Waals surface area contributed by atoms with Crippen molar-refractivity contribution in [2.24, 2.45) is 0 Å². The van der Waals surface area contributed by atoms with Crippen LogP contribution in [0.15, 0.2) is 41.3 Å². The number of hydrogen-bond acceptors (Lipinski definition) is 3. The number of sulfonamides is 1. The predicted octanol–water partition coefficient (Wildman–Crippen LogP) is 3.73. The van der Waals surface area contributed by atoms with Crippen molar-refractivity contribution in [1.29, 1.82) is 0 Å². The van der Waals surface area contributed by atoms with Crippen LogP contribution in [0.2, 0.25) is 0 Å². The van der Waals surface area contributed by atoms with Crippen molar-refractivity contribution in [3.05, 3.63) is 58.9 Å². The zero-order valence-electron chi connectivity index (χ0n) is 15.5. The Bertz CT molecular complexity index is 967. The van der Waals surface area contributed by atoms with Gasteiger partial charge in [0, 0.05) is 24.3 Å². The van der Waals surface area contributed by atoms with Gasteiger partial charge < -0.3 is 5.32 Å². The number of aryl methyl sites for hydroxylation is 2. The van der Waals surface area contributed by atoms with Gasteiger partial charge in [-0.2, -0.15) is 4.31 Å². The quantitative estimate of drug-likeness (QED) is 0.846. The van der Waals surface area contributed by atoms with Gasteiger partial charge in [0.05, 0.1) is 0 Å². The zero-order chi connectivity index (χ0) is 19.6. The number of para-hydroxylation sites is 1. The van der Waals surface area contributed by atoms with Crippen LogP contribution in [-0.4, -0.2) is 31.7 Å². The summed E-state index contributed by atoms with van der Waals surface area (Å²) in [7, 11) is -3.94. The molecule has 0 atom stereocenters. The van der Waals surface area contributed by atoms with E-state index in [2.05, 4.69) is 5.32 Å². The van der Waals surface area contributed by atoms with Crippen LogP contribution in [0.4, 0.5) is 10.1 Å². The van der Waals surface area contributed by atoms with Crippen LogP contribution in [0.1, 0.15) is 41.3 Å². The Morgan fingerprint density at radius 1 is 1.19 bits per heavy atom. The van der Waals surface area contributed by atoms with Gasteiger partial charge in [-0.05, 0) is 55.5 Å². The molecule has 1 aliphatic heterocycles. The molecule has 3 rings (SSSR count). The molecule has 0 spiro atoms. The van der Waals surface area contributed by atoms with Gasteiger partial charge in [-0.3, -0.25) is 4.79 Å². The molecule has 144 valence electrons. The van der Waals surface area contributed by atoms with Crippen molar-refractivity contribution in [2.75, 3.05) is 18.4 Å². The first-order valence-corrected chi connectivity index (χ1v) is 10.5. The van der Waals surface area contributed by atoms with E-state index in [-0.39, 0.29) is 5.56 Å². The molecule has 5 nitrogen and oxygen atoms in total. The highest BCUT2D eigenvalue weighted by molar-refractivity contribution is 7.89. The summed E-state index contributed by atoms with van der Waals surface area (Å²) in [6.45, 7) is 4.63. The molecule has 2 aromatic carbocycles. The van der Waals surface area contributed by atoms with Gasteiger partial charge in [0.1, 0.15) is 10.7 Å². The summed E-state index contributed by atoms with van der Waals surface area (Å²) in [4.78, 5) is 12.3. The monoisotopic (exact) mass is 390 g/mol. The average Bonchev–Trinajstić information content (AvgIpc) is 3.19. The second-order valence-corrected chi connectivity index (χ2v) is 8.58. The second kappa shape index (κ2) is 7.78. The summed E-state index contributed by atoms with van der Waals surface area (Å²) < 4.78 is 40.9. The maximum atomic E-state index is 14.3. The number of carbonyl (C=O) groups is 1. The minimum Gasteiger partial charge on any atom is -0.321 e. The lowest BCUT2D eigenvalue weighted by atomic mass is 10.1. The lowest BCUT2D eigenvalue weighted by molar-refractivity contribution is 0.102. The summed E-state index contributed by atoms with van der Waals surface area (Å²) in [5.41, 5.74) is 2.71. The lowest BCUT2D eigenvalue weighted by Crippen LogP contribution is -2.29. The van der Waals surface area contributed by atoms with Gasteiger partial charge in [0.25, 0.3) is 5.91 Å². The van der Waals surface area contributed by atoms with Gasteiger partial charge in [0.15, 0.2) is 0 Å². The van der Waals surface area contributed by atoms with Gasteiger partial charge in [0.2, 0.25) is 10.0 Å². The molecule has 0 aliphatic carbocycles. The molecule has 27 heavy (non-hydrogen) atoms. The fraction of sp³-hybridized carbons (Fsp3) is 0.350. The normalized spacial score (nSPS) is 15.1.